The minimum absolute atomic E-state index is 1.02. The van der Waals surface area contributed by atoms with Gasteiger partial charge in [0.15, 0.2) is 0 Å². The average Bonchev–Trinajstić information content (AvgIpc) is 3.34. The second kappa shape index (κ2) is 7.66. The van der Waals surface area contributed by atoms with Gasteiger partial charge in [-0.25, -0.2) is 0 Å². The molecule has 2 heterocycles. The van der Waals surface area contributed by atoms with E-state index < -0.39 is 0 Å². The number of nitrogens with zero attached hydrogens (tertiary/aromatic N) is 2. The lowest BCUT2D eigenvalue weighted by molar-refractivity contribution is 1.13. The van der Waals surface area contributed by atoms with Crippen molar-refractivity contribution in [1.29, 1.82) is 0 Å². The first kappa shape index (κ1) is 19.0. The summed E-state index contributed by atoms with van der Waals surface area (Å²) in [6.45, 7) is 4.28. The van der Waals surface area contributed by atoms with Gasteiger partial charge in [0.1, 0.15) is 0 Å². The third-order valence-corrected chi connectivity index (χ3v) is 6.17. The van der Waals surface area contributed by atoms with E-state index in [1.54, 1.807) is 0 Å². The topological polar surface area (TPSA) is 9.86 Å². The van der Waals surface area contributed by atoms with Crippen LogP contribution in [0.5, 0.6) is 0 Å². The Balaban J connectivity index is 1.90. The van der Waals surface area contributed by atoms with Crippen molar-refractivity contribution in [2.75, 3.05) is 0 Å². The molecule has 0 atom stereocenters. The van der Waals surface area contributed by atoms with Crippen LogP contribution >= 0.6 is 15.9 Å². The first-order valence-electron chi connectivity index (χ1n) is 10.4. The largest absolute Gasteiger partial charge is 0.317 e. The summed E-state index contributed by atoms with van der Waals surface area (Å²) < 4.78 is 5.74. The number of para-hydroxylation sites is 1. The lowest BCUT2D eigenvalue weighted by atomic mass is 10.1. The normalized spacial score (nSPS) is 12.7. The Labute approximate surface area is 184 Å². The van der Waals surface area contributed by atoms with E-state index in [1.165, 1.54) is 44.1 Å². The number of benzene rings is 3. The molecule has 30 heavy (non-hydrogen) atoms. The molecule has 0 aliphatic heterocycles. The van der Waals surface area contributed by atoms with E-state index in [9.17, 15) is 0 Å². The van der Waals surface area contributed by atoms with Crippen molar-refractivity contribution in [1.82, 2.24) is 9.13 Å². The van der Waals surface area contributed by atoms with Crippen LogP contribution in [0, 0.1) is 0 Å². The van der Waals surface area contributed by atoms with Gasteiger partial charge in [-0.1, -0.05) is 53.2 Å². The fourth-order valence-corrected chi connectivity index (χ4v) is 4.70. The molecule has 0 radical (unpaired) electrons. The van der Waals surface area contributed by atoms with Crippen LogP contribution < -0.4 is 0 Å². The van der Waals surface area contributed by atoms with Crippen molar-refractivity contribution in [3.8, 4) is 5.69 Å². The fraction of sp³-hybridized carbons (Fsp3) is 0.111. The van der Waals surface area contributed by atoms with Crippen LogP contribution in [0.15, 0.2) is 95.6 Å². The van der Waals surface area contributed by atoms with E-state index >= 15 is 0 Å². The zero-order chi connectivity index (χ0) is 20.7. The quantitative estimate of drug-likeness (QED) is 0.241. The molecule has 0 aliphatic rings. The predicted molar refractivity (Wildman–Crippen MR) is 133 cm³/mol. The SMILES string of the molecule is C/C=C(\C=C/CC)n1c2ccc(Br)cc2c2c3ccn(-c4ccccc4)c3ccc21. The Morgan fingerprint density at radius 1 is 0.900 bits per heavy atom. The summed E-state index contributed by atoms with van der Waals surface area (Å²) in [5.41, 5.74) is 6.05. The second-order valence-electron chi connectivity index (χ2n) is 7.43. The van der Waals surface area contributed by atoms with Gasteiger partial charge in [-0.3, -0.25) is 0 Å². The molecule has 3 aromatic carbocycles. The summed E-state index contributed by atoms with van der Waals surface area (Å²) in [5.74, 6) is 0. The maximum absolute atomic E-state index is 3.69. The van der Waals surface area contributed by atoms with Gasteiger partial charge in [-0.15, -0.1) is 0 Å². The minimum atomic E-state index is 1.02. The molecule has 0 saturated carbocycles. The van der Waals surface area contributed by atoms with Crippen molar-refractivity contribution in [3.63, 3.8) is 0 Å². The zero-order valence-corrected chi connectivity index (χ0v) is 18.7. The molecular weight excluding hydrogens is 432 g/mol. The number of fused-ring (bicyclic) bond motifs is 5. The molecule has 0 amide bonds. The summed E-state index contributed by atoms with van der Waals surface area (Å²) in [6.07, 6.45) is 9.82. The van der Waals surface area contributed by atoms with Crippen LogP contribution in [0.4, 0.5) is 0 Å². The summed E-state index contributed by atoms with van der Waals surface area (Å²) in [7, 11) is 0. The monoisotopic (exact) mass is 454 g/mol. The maximum Gasteiger partial charge on any atom is 0.0548 e. The number of hydrogen-bond donors (Lipinski definition) is 0. The highest BCUT2D eigenvalue weighted by molar-refractivity contribution is 9.10. The molecule has 5 aromatic rings. The zero-order valence-electron chi connectivity index (χ0n) is 17.1. The molecule has 0 spiro atoms. The Kier molecular flexibility index (Phi) is 4.84. The Morgan fingerprint density at radius 3 is 2.43 bits per heavy atom. The molecule has 0 bridgehead atoms. The summed E-state index contributed by atoms with van der Waals surface area (Å²) in [5, 5.41) is 3.83. The lowest BCUT2D eigenvalue weighted by Gasteiger charge is -2.09. The molecule has 3 heteroatoms. The third-order valence-electron chi connectivity index (χ3n) is 5.67. The Morgan fingerprint density at radius 2 is 1.67 bits per heavy atom. The highest BCUT2D eigenvalue weighted by Crippen LogP contribution is 2.39. The molecule has 0 fully saturated rings. The maximum atomic E-state index is 3.69. The van der Waals surface area contributed by atoms with Crippen LogP contribution in [-0.2, 0) is 0 Å². The van der Waals surface area contributed by atoms with Gasteiger partial charge < -0.3 is 9.13 Å². The predicted octanol–water partition coefficient (Wildman–Crippen LogP) is 8.33. The van der Waals surface area contributed by atoms with Crippen LogP contribution in [0.1, 0.15) is 20.3 Å². The molecule has 0 unspecified atom stereocenters. The van der Waals surface area contributed by atoms with Crippen LogP contribution in [0.25, 0.3) is 44.1 Å². The van der Waals surface area contributed by atoms with Crippen molar-refractivity contribution in [2.24, 2.45) is 0 Å². The van der Waals surface area contributed by atoms with E-state index in [-0.39, 0.29) is 0 Å². The Hall–Kier alpha value is -3.04. The van der Waals surface area contributed by atoms with Crippen LogP contribution in [-0.4, -0.2) is 9.13 Å². The van der Waals surface area contributed by atoms with Crippen molar-refractivity contribution in [3.05, 3.63) is 95.6 Å². The number of allylic oxidation sites excluding steroid dienone is 4. The first-order valence-corrected chi connectivity index (χ1v) is 11.1. The minimum Gasteiger partial charge on any atom is -0.317 e. The molecule has 0 N–H and O–H groups in total. The molecule has 148 valence electrons. The number of hydrogen-bond acceptors (Lipinski definition) is 0. The van der Waals surface area contributed by atoms with Gasteiger partial charge in [0.2, 0.25) is 0 Å². The molecule has 5 rings (SSSR count). The van der Waals surface area contributed by atoms with Gasteiger partial charge in [-0.2, -0.15) is 0 Å². The highest BCUT2D eigenvalue weighted by Gasteiger charge is 2.17. The van der Waals surface area contributed by atoms with Crippen molar-refractivity contribution >= 4 is 54.3 Å². The highest BCUT2D eigenvalue weighted by atomic mass is 79.9. The third kappa shape index (κ3) is 2.93. The lowest BCUT2D eigenvalue weighted by Crippen LogP contribution is -1.94. The van der Waals surface area contributed by atoms with E-state index in [4.69, 9.17) is 0 Å². The first-order chi connectivity index (χ1) is 14.7. The summed E-state index contributed by atoms with van der Waals surface area (Å²) in [6, 6.07) is 23.8. The van der Waals surface area contributed by atoms with Crippen molar-refractivity contribution < 1.29 is 0 Å². The number of halogens is 1. The molecule has 0 saturated heterocycles. The second-order valence-corrected chi connectivity index (χ2v) is 8.35. The van der Waals surface area contributed by atoms with Crippen molar-refractivity contribution in [2.45, 2.75) is 20.3 Å². The smallest absolute Gasteiger partial charge is 0.0548 e. The van der Waals surface area contributed by atoms with Gasteiger partial charge in [-0.05, 0) is 68.0 Å². The van der Waals surface area contributed by atoms with E-state index in [2.05, 4.69) is 130 Å². The molecule has 2 nitrogen and oxygen atoms in total. The van der Waals surface area contributed by atoms with E-state index in [1.807, 2.05) is 0 Å². The van der Waals surface area contributed by atoms with Gasteiger partial charge in [0, 0.05) is 38.2 Å². The van der Waals surface area contributed by atoms with Gasteiger partial charge >= 0.3 is 0 Å². The number of aromatic nitrogens is 2. The van der Waals surface area contributed by atoms with E-state index in [0.29, 0.717) is 0 Å². The van der Waals surface area contributed by atoms with Gasteiger partial charge in [0.25, 0.3) is 0 Å². The van der Waals surface area contributed by atoms with Crippen LogP contribution in [0.3, 0.4) is 0 Å². The van der Waals surface area contributed by atoms with Crippen LogP contribution in [0.2, 0.25) is 0 Å². The van der Waals surface area contributed by atoms with E-state index in [0.717, 1.165) is 10.9 Å². The molecule has 0 aliphatic carbocycles. The molecule has 2 aromatic heterocycles. The fourth-order valence-electron chi connectivity index (χ4n) is 4.34. The standard InChI is InChI=1S/C27H23BrN2/c1-3-5-9-20(4-2)30-25-13-12-19(28)18-23(25)27-22-16-17-29(21-10-7-6-8-11-21)24(22)14-15-26(27)30/h4-18H,3H2,1-2H3/b9-5-,20-4+. The molecular formula is C27H23BrN2. The summed E-state index contributed by atoms with van der Waals surface area (Å²) >= 11 is 3.69. The number of rotatable bonds is 4. The van der Waals surface area contributed by atoms with Gasteiger partial charge in [0.05, 0.1) is 16.6 Å². The Bertz CT molecular complexity index is 1430. The summed E-state index contributed by atoms with van der Waals surface area (Å²) in [4.78, 5) is 0. The average molecular weight is 455 g/mol.